The first kappa shape index (κ1) is 11.9. The molecule has 0 fully saturated rings. The van der Waals surface area contributed by atoms with E-state index in [2.05, 4.69) is 5.32 Å². The SMILES string of the molecule is Cc1cc(Nc2cccc(N)c2)ccc1[N+](=O)[O-]. The zero-order valence-electron chi connectivity index (χ0n) is 9.88. The van der Waals surface area contributed by atoms with Crippen LogP contribution in [0.3, 0.4) is 0 Å². The van der Waals surface area contributed by atoms with Crippen LogP contribution in [0.15, 0.2) is 42.5 Å². The van der Waals surface area contributed by atoms with Gasteiger partial charge in [-0.1, -0.05) is 6.07 Å². The number of hydrogen-bond donors (Lipinski definition) is 2. The highest BCUT2D eigenvalue weighted by molar-refractivity contribution is 5.65. The van der Waals surface area contributed by atoms with Gasteiger partial charge in [-0.3, -0.25) is 10.1 Å². The van der Waals surface area contributed by atoms with Crippen LogP contribution in [0.25, 0.3) is 0 Å². The Kier molecular flexibility index (Phi) is 3.14. The molecular weight excluding hydrogens is 230 g/mol. The molecule has 2 aromatic rings. The average molecular weight is 243 g/mol. The van der Waals surface area contributed by atoms with E-state index in [0.717, 1.165) is 11.4 Å². The summed E-state index contributed by atoms with van der Waals surface area (Å²) in [4.78, 5) is 10.3. The van der Waals surface area contributed by atoms with E-state index in [9.17, 15) is 10.1 Å². The standard InChI is InChI=1S/C13H13N3O2/c1-9-7-12(5-6-13(9)16(17)18)15-11-4-2-3-10(14)8-11/h2-8,15H,14H2,1H3. The molecule has 0 amide bonds. The molecule has 92 valence electrons. The number of benzene rings is 2. The van der Waals surface area contributed by atoms with E-state index >= 15 is 0 Å². The van der Waals surface area contributed by atoms with Gasteiger partial charge in [0.05, 0.1) is 4.92 Å². The van der Waals surface area contributed by atoms with E-state index in [1.165, 1.54) is 6.07 Å². The van der Waals surface area contributed by atoms with Gasteiger partial charge in [-0.25, -0.2) is 0 Å². The van der Waals surface area contributed by atoms with E-state index in [1.807, 2.05) is 12.1 Å². The lowest BCUT2D eigenvalue weighted by Crippen LogP contribution is -1.95. The third kappa shape index (κ3) is 2.57. The second-order valence-corrected chi connectivity index (χ2v) is 4.01. The number of aryl methyl sites for hydroxylation is 1. The van der Waals surface area contributed by atoms with E-state index in [0.29, 0.717) is 11.3 Å². The fourth-order valence-corrected chi connectivity index (χ4v) is 1.72. The van der Waals surface area contributed by atoms with Crippen LogP contribution in [0.1, 0.15) is 5.56 Å². The van der Waals surface area contributed by atoms with Gasteiger partial charge in [-0.15, -0.1) is 0 Å². The van der Waals surface area contributed by atoms with Gasteiger partial charge in [0.15, 0.2) is 0 Å². The molecule has 0 aliphatic rings. The summed E-state index contributed by atoms with van der Waals surface area (Å²) in [5.74, 6) is 0. The Balaban J connectivity index is 2.25. The molecule has 0 unspecified atom stereocenters. The Bertz CT molecular complexity index is 597. The summed E-state index contributed by atoms with van der Waals surface area (Å²) in [6.45, 7) is 1.71. The molecule has 0 spiro atoms. The summed E-state index contributed by atoms with van der Waals surface area (Å²) in [5, 5.41) is 13.9. The van der Waals surface area contributed by atoms with Crippen molar-refractivity contribution < 1.29 is 4.92 Å². The summed E-state index contributed by atoms with van der Waals surface area (Å²) in [7, 11) is 0. The Hall–Kier alpha value is -2.56. The van der Waals surface area contributed by atoms with Crippen molar-refractivity contribution in [3.63, 3.8) is 0 Å². The van der Waals surface area contributed by atoms with Gasteiger partial charge >= 0.3 is 0 Å². The van der Waals surface area contributed by atoms with Crippen LogP contribution in [0.4, 0.5) is 22.7 Å². The molecule has 0 saturated heterocycles. The van der Waals surface area contributed by atoms with Crippen LogP contribution >= 0.6 is 0 Å². The van der Waals surface area contributed by atoms with Gasteiger partial charge in [0, 0.05) is 28.7 Å². The number of nitrogen functional groups attached to an aromatic ring is 1. The molecule has 0 bridgehead atoms. The first-order valence-electron chi connectivity index (χ1n) is 5.44. The highest BCUT2D eigenvalue weighted by atomic mass is 16.6. The van der Waals surface area contributed by atoms with Crippen LogP contribution in [0, 0.1) is 17.0 Å². The fourth-order valence-electron chi connectivity index (χ4n) is 1.72. The molecule has 2 aromatic carbocycles. The van der Waals surface area contributed by atoms with Crippen molar-refractivity contribution in [2.24, 2.45) is 0 Å². The second kappa shape index (κ2) is 4.75. The van der Waals surface area contributed by atoms with E-state index in [1.54, 1.807) is 31.2 Å². The van der Waals surface area contributed by atoms with Crippen molar-refractivity contribution in [1.29, 1.82) is 0 Å². The maximum absolute atomic E-state index is 10.7. The van der Waals surface area contributed by atoms with Crippen molar-refractivity contribution in [2.45, 2.75) is 6.92 Å². The maximum Gasteiger partial charge on any atom is 0.272 e. The summed E-state index contributed by atoms with van der Waals surface area (Å²) < 4.78 is 0. The van der Waals surface area contributed by atoms with Crippen LogP contribution in [0.5, 0.6) is 0 Å². The van der Waals surface area contributed by atoms with Crippen LogP contribution in [-0.4, -0.2) is 4.92 Å². The zero-order chi connectivity index (χ0) is 13.1. The molecule has 3 N–H and O–H groups in total. The maximum atomic E-state index is 10.7. The molecule has 0 heterocycles. The zero-order valence-corrected chi connectivity index (χ0v) is 9.88. The summed E-state index contributed by atoms with van der Waals surface area (Å²) >= 11 is 0. The first-order valence-corrected chi connectivity index (χ1v) is 5.44. The predicted octanol–water partition coefficient (Wildman–Crippen LogP) is 3.23. The number of nitro groups is 1. The van der Waals surface area contributed by atoms with Crippen molar-refractivity contribution in [1.82, 2.24) is 0 Å². The number of anilines is 3. The molecule has 0 aliphatic heterocycles. The van der Waals surface area contributed by atoms with Gasteiger partial charge in [-0.05, 0) is 37.3 Å². The number of rotatable bonds is 3. The fraction of sp³-hybridized carbons (Fsp3) is 0.0769. The lowest BCUT2D eigenvalue weighted by molar-refractivity contribution is -0.385. The van der Waals surface area contributed by atoms with Gasteiger partial charge < -0.3 is 11.1 Å². The third-order valence-electron chi connectivity index (χ3n) is 2.57. The van der Waals surface area contributed by atoms with Gasteiger partial charge in [0.25, 0.3) is 5.69 Å². The summed E-state index contributed by atoms with van der Waals surface area (Å²) in [6, 6.07) is 12.2. The lowest BCUT2D eigenvalue weighted by atomic mass is 10.1. The minimum atomic E-state index is -0.389. The monoisotopic (exact) mass is 243 g/mol. The highest BCUT2D eigenvalue weighted by Gasteiger charge is 2.09. The lowest BCUT2D eigenvalue weighted by Gasteiger charge is -2.08. The molecule has 0 aliphatic carbocycles. The number of nitrogens with zero attached hydrogens (tertiary/aromatic N) is 1. The molecule has 0 aromatic heterocycles. The van der Waals surface area contributed by atoms with Crippen LogP contribution < -0.4 is 11.1 Å². The molecule has 2 rings (SSSR count). The first-order chi connectivity index (χ1) is 8.56. The normalized spacial score (nSPS) is 10.1. The minimum absolute atomic E-state index is 0.119. The largest absolute Gasteiger partial charge is 0.399 e. The number of nitrogens with two attached hydrogens (primary N) is 1. The topological polar surface area (TPSA) is 81.2 Å². The quantitative estimate of drug-likeness (QED) is 0.492. The van der Waals surface area contributed by atoms with Crippen LogP contribution in [-0.2, 0) is 0 Å². The van der Waals surface area contributed by atoms with Crippen LogP contribution in [0.2, 0.25) is 0 Å². The highest BCUT2D eigenvalue weighted by Crippen LogP contribution is 2.24. The van der Waals surface area contributed by atoms with Gasteiger partial charge in [-0.2, -0.15) is 0 Å². The van der Waals surface area contributed by atoms with Gasteiger partial charge in [0.1, 0.15) is 0 Å². The van der Waals surface area contributed by atoms with E-state index in [4.69, 9.17) is 5.73 Å². The number of nitrogens with one attached hydrogen (secondary N) is 1. The Morgan fingerprint density at radius 1 is 1.17 bits per heavy atom. The Morgan fingerprint density at radius 2 is 1.89 bits per heavy atom. The predicted molar refractivity (Wildman–Crippen MR) is 72.0 cm³/mol. The third-order valence-corrected chi connectivity index (χ3v) is 2.57. The molecule has 5 heteroatoms. The van der Waals surface area contributed by atoms with Crippen molar-refractivity contribution in [2.75, 3.05) is 11.1 Å². The number of hydrogen-bond acceptors (Lipinski definition) is 4. The molecule has 0 saturated carbocycles. The Labute approximate surface area is 104 Å². The van der Waals surface area contributed by atoms with Crippen molar-refractivity contribution in [3.8, 4) is 0 Å². The minimum Gasteiger partial charge on any atom is -0.399 e. The molecule has 0 atom stereocenters. The second-order valence-electron chi connectivity index (χ2n) is 4.01. The summed E-state index contributed by atoms with van der Waals surface area (Å²) in [5.41, 5.74) is 8.73. The van der Waals surface area contributed by atoms with E-state index in [-0.39, 0.29) is 10.6 Å². The average Bonchev–Trinajstić information content (AvgIpc) is 2.28. The number of nitro benzene ring substituents is 1. The molecule has 18 heavy (non-hydrogen) atoms. The molecule has 0 radical (unpaired) electrons. The Morgan fingerprint density at radius 3 is 2.50 bits per heavy atom. The molecule has 5 nitrogen and oxygen atoms in total. The van der Waals surface area contributed by atoms with Gasteiger partial charge in [0.2, 0.25) is 0 Å². The van der Waals surface area contributed by atoms with Crippen molar-refractivity contribution in [3.05, 3.63) is 58.1 Å². The van der Waals surface area contributed by atoms with Crippen molar-refractivity contribution >= 4 is 22.7 Å². The molecular formula is C13H13N3O2. The van der Waals surface area contributed by atoms with E-state index < -0.39 is 0 Å². The summed E-state index contributed by atoms with van der Waals surface area (Å²) in [6.07, 6.45) is 0. The smallest absolute Gasteiger partial charge is 0.272 e.